The molecule has 1 unspecified atom stereocenters. The van der Waals surface area contributed by atoms with E-state index in [-0.39, 0.29) is 5.02 Å². The Balaban J connectivity index is 2.94. The largest absolute Gasteiger partial charge is 0.234 e. The molecule has 2 nitrogen and oxygen atoms in total. The van der Waals surface area contributed by atoms with Crippen LogP contribution < -0.4 is 0 Å². The topological polar surface area (TPSA) is 29.4 Å². The predicted molar refractivity (Wildman–Crippen MR) is 66.9 cm³/mol. The van der Waals surface area contributed by atoms with E-state index in [1.807, 2.05) is 20.8 Å². The van der Waals surface area contributed by atoms with Crippen molar-refractivity contribution in [3.8, 4) is 0 Å². The van der Waals surface area contributed by atoms with Crippen LogP contribution in [0.1, 0.15) is 26.3 Å². The minimum Gasteiger partial charge on any atom is -0.234 e. The van der Waals surface area contributed by atoms with E-state index in [1.165, 1.54) is 18.3 Å². The quantitative estimate of drug-likeness (QED) is 0.751. The fraction of sp³-hybridized carbons (Fsp3) is 0.364. The maximum atomic E-state index is 13.1. The minimum atomic E-state index is -1.36. The van der Waals surface area contributed by atoms with Gasteiger partial charge in [-0.3, -0.25) is 0 Å². The molecular formula is C11H13ClFNOS. The molecule has 0 fully saturated rings. The van der Waals surface area contributed by atoms with Crippen LogP contribution in [0.5, 0.6) is 0 Å². The highest BCUT2D eigenvalue weighted by Gasteiger charge is 2.18. The molecule has 0 amide bonds. The van der Waals surface area contributed by atoms with Gasteiger partial charge in [0.05, 0.1) is 9.77 Å². The molecule has 0 saturated carbocycles. The summed E-state index contributed by atoms with van der Waals surface area (Å²) >= 11 is 5.73. The van der Waals surface area contributed by atoms with Gasteiger partial charge in [-0.2, -0.15) is 4.40 Å². The van der Waals surface area contributed by atoms with Crippen LogP contribution in [0.2, 0.25) is 5.02 Å². The van der Waals surface area contributed by atoms with E-state index in [2.05, 4.69) is 4.40 Å². The summed E-state index contributed by atoms with van der Waals surface area (Å²) in [6, 6.07) is 4.41. The molecule has 1 aromatic carbocycles. The van der Waals surface area contributed by atoms with Crippen molar-refractivity contribution >= 4 is 28.8 Å². The SMILES string of the molecule is CC(C)(C)S(=O)/N=C/c1cccc(F)c1Cl. The molecule has 1 rings (SSSR count). The molecule has 0 aromatic heterocycles. The third-order valence-corrected chi connectivity index (χ3v) is 3.54. The van der Waals surface area contributed by atoms with E-state index in [9.17, 15) is 8.60 Å². The molecule has 0 bridgehead atoms. The Bertz CT molecular complexity index is 440. The van der Waals surface area contributed by atoms with Crippen LogP contribution in [0, 0.1) is 5.82 Å². The summed E-state index contributed by atoms with van der Waals surface area (Å²) in [4.78, 5) is 0. The van der Waals surface area contributed by atoms with Crippen LogP contribution in [-0.4, -0.2) is 15.2 Å². The molecule has 0 aliphatic heterocycles. The van der Waals surface area contributed by atoms with Gasteiger partial charge in [-0.25, -0.2) is 8.60 Å². The standard InChI is InChI=1S/C11H13ClFNOS/c1-11(2,3)16(15)14-7-8-5-4-6-9(13)10(8)12/h4-7H,1-3H3/b14-7+. The van der Waals surface area contributed by atoms with Gasteiger partial charge >= 0.3 is 0 Å². The highest BCUT2D eigenvalue weighted by molar-refractivity contribution is 7.85. The summed E-state index contributed by atoms with van der Waals surface area (Å²) in [6.45, 7) is 5.44. The van der Waals surface area contributed by atoms with E-state index in [4.69, 9.17) is 11.6 Å². The summed E-state index contributed by atoms with van der Waals surface area (Å²) < 4.78 is 28.1. The first-order valence-electron chi connectivity index (χ1n) is 4.72. The number of hydrogen-bond donors (Lipinski definition) is 0. The number of hydrogen-bond acceptors (Lipinski definition) is 1. The Labute approximate surface area is 102 Å². The van der Waals surface area contributed by atoms with Crippen molar-refractivity contribution in [2.24, 2.45) is 4.40 Å². The normalized spacial score (nSPS) is 14.3. The van der Waals surface area contributed by atoms with Gasteiger partial charge in [0.2, 0.25) is 0 Å². The zero-order valence-corrected chi connectivity index (χ0v) is 10.9. The third kappa shape index (κ3) is 3.39. The molecule has 0 radical (unpaired) electrons. The molecular weight excluding hydrogens is 249 g/mol. The van der Waals surface area contributed by atoms with Crippen molar-refractivity contribution < 1.29 is 8.60 Å². The first-order chi connectivity index (χ1) is 7.32. The average Bonchev–Trinajstić information content (AvgIpc) is 2.18. The van der Waals surface area contributed by atoms with Gasteiger partial charge in [-0.05, 0) is 26.8 Å². The fourth-order valence-electron chi connectivity index (χ4n) is 0.883. The lowest BCUT2D eigenvalue weighted by Crippen LogP contribution is -2.19. The smallest absolute Gasteiger partial charge is 0.144 e. The van der Waals surface area contributed by atoms with Crippen molar-refractivity contribution in [3.05, 3.63) is 34.6 Å². The summed E-state index contributed by atoms with van der Waals surface area (Å²) in [5.74, 6) is -0.507. The van der Waals surface area contributed by atoms with Crippen molar-refractivity contribution in [2.45, 2.75) is 25.5 Å². The van der Waals surface area contributed by atoms with Gasteiger partial charge in [0.25, 0.3) is 0 Å². The summed E-state index contributed by atoms with van der Waals surface area (Å²) in [6.07, 6.45) is 1.34. The number of nitrogens with zero attached hydrogens (tertiary/aromatic N) is 1. The van der Waals surface area contributed by atoms with Crippen LogP contribution in [0.3, 0.4) is 0 Å². The minimum absolute atomic E-state index is 0.00263. The fourth-order valence-corrected chi connectivity index (χ4v) is 1.58. The van der Waals surface area contributed by atoms with Crippen molar-refractivity contribution in [2.75, 3.05) is 0 Å². The van der Waals surface area contributed by atoms with Gasteiger partial charge in [-0.1, -0.05) is 23.7 Å². The summed E-state index contributed by atoms with van der Waals surface area (Å²) in [5, 5.41) is -0.00263. The van der Waals surface area contributed by atoms with E-state index < -0.39 is 21.5 Å². The lowest BCUT2D eigenvalue weighted by atomic mass is 10.2. The van der Waals surface area contributed by atoms with Gasteiger partial charge in [0.15, 0.2) is 0 Å². The first kappa shape index (κ1) is 13.3. The van der Waals surface area contributed by atoms with Crippen LogP contribution in [0.15, 0.2) is 22.6 Å². The number of rotatable bonds is 2. The highest BCUT2D eigenvalue weighted by atomic mass is 35.5. The summed E-state index contributed by atoms with van der Waals surface area (Å²) in [7, 11) is -1.36. The third-order valence-electron chi connectivity index (χ3n) is 1.79. The maximum absolute atomic E-state index is 13.1. The van der Waals surface area contributed by atoms with Crippen molar-refractivity contribution in [1.82, 2.24) is 0 Å². The molecule has 5 heteroatoms. The Hall–Kier alpha value is -0.740. The molecule has 0 aliphatic carbocycles. The van der Waals surface area contributed by atoms with Crippen LogP contribution >= 0.6 is 11.6 Å². The second-order valence-corrected chi connectivity index (χ2v) is 6.55. The van der Waals surface area contributed by atoms with Crippen LogP contribution in [0.25, 0.3) is 0 Å². The molecule has 1 atom stereocenters. The first-order valence-corrected chi connectivity index (χ1v) is 6.21. The number of halogens is 2. The molecule has 0 saturated heterocycles. The second-order valence-electron chi connectivity index (χ2n) is 4.24. The Morgan fingerprint density at radius 3 is 2.62 bits per heavy atom. The van der Waals surface area contributed by atoms with Crippen molar-refractivity contribution in [3.63, 3.8) is 0 Å². The van der Waals surface area contributed by atoms with Gasteiger partial charge in [-0.15, -0.1) is 0 Å². The van der Waals surface area contributed by atoms with Crippen molar-refractivity contribution in [1.29, 1.82) is 0 Å². The molecule has 16 heavy (non-hydrogen) atoms. The molecule has 88 valence electrons. The van der Waals surface area contributed by atoms with Gasteiger partial charge in [0.1, 0.15) is 16.8 Å². The summed E-state index contributed by atoms with van der Waals surface area (Å²) in [5.41, 5.74) is 0.430. The van der Waals surface area contributed by atoms with Crippen LogP contribution in [-0.2, 0) is 11.0 Å². The molecule has 0 spiro atoms. The second kappa shape index (κ2) is 5.06. The molecule has 0 N–H and O–H groups in total. The molecule has 1 aromatic rings. The Morgan fingerprint density at radius 2 is 2.06 bits per heavy atom. The highest BCUT2D eigenvalue weighted by Crippen LogP contribution is 2.19. The van der Waals surface area contributed by atoms with E-state index in [1.54, 1.807) is 6.07 Å². The Morgan fingerprint density at radius 1 is 1.44 bits per heavy atom. The van der Waals surface area contributed by atoms with E-state index in [0.29, 0.717) is 5.56 Å². The predicted octanol–water partition coefficient (Wildman–Crippen LogP) is 3.36. The van der Waals surface area contributed by atoms with Gasteiger partial charge < -0.3 is 0 Å². The molecule has 0 aliphatic rings. The zero-order chi connectivity index (χ0) is 12.3. The lowest BCUT2D eigenvalue weighted by Gasteiger charge is -2.12. The zero-order valence-electron chi connectivity index (χ0n) is 9.33. The Kier molecular flexibility index (Phi) is 4.21. The van der Waals surface area contributed by atoms with Crippen LogP contribution in [0.4, 0.5) is 4.39 Å². The lowest BCUT2D eigenvalue weighted by molar-refractivity contribution is 0.628. The average molecular weight is 262 g/mol. The van der Waals surface area contributed by atoms with E-state index in [0.717, 1.165) is 0 Å². The maximum Gasteiger partial charge on any atom is 0.144 e. The monoisotopic (exact) mass is 261 g/mol. The molecule has 0 heterocycles. The van der Waals surface area contributed by atoms with E-state index >= 15 is 0 Å². The van der Waals surface area contributed by atoms with Gasteiger partial charge in [0, 0.05) is 11.8 Å². The number of benzene rings is 1.